The number of amides is 1. The number of carbonyl (C=O) groups excluding carboxylic acids is 1. The monoisotopic (exact) mass is 292 g/mol. The average Bonchev–Trinajstić information content (AvgIpc) is 2.53. The van der Waals surface area contributed by atoms with Crippen molar-refractivity contribution in [1.82, 2.24) is 10.2 Å². The normalized spacial score (nSPS) is 15.9. The largest absolute Gasteiger partial charge is 0.385 e. The van der Waals surface area contributed by atoms with Crippen molar-refractivity contribution in [2.45, 2.75) is 13.0 Å². The van der Waals surface area contributed by atoms with Gasteiger partial charge in [0.05, 0.1) is 13.2 Å². The Kier molecular flexibility index (Phi) is 6.66. The van der Waals surface area contributed by atoms with Crippen molar-refractivity contribution in [3.8, 4) is 0 Å². The van der Waals surface area contributed by atoms with Crippen molar-refractivity contribution in [3.05, 3.63) is 35.4 Å². The molecule has 5 nitrogen and oxygen atoms in total. The van der Waals surface area contributed by atoms with Gasteiger partial charge in [-0.15, -0.1) is 0 Å². The number of carbonyl (C=O) groups is 1. The summed E-state index contributed by atoms with van der Waals surface area (Å²) in [6.45, 7) is 5.79. The molecule has 1 aliphatic rings. The van der Waals surface area contributed by atoms with E-state index in [2.05, 4.69) is 10.2 Å². The molecule has 1 fully saturated rings. The molecule has 0 unspecified atom stereocenters. The van der Waals surface area contributed by atoms with Crippen LogP contribution in [-0.2, 0) is 16.0 Å². The van der Waals surface area contributed by atoms with E-state index in [1.165, 1.54) is 5.56 Å². The molecule has 5 heteroatoms. The Morgan fingerprint density at radius 3 is 2.67 bits per heavy atom. The van der Waals surface area contributed by atoms with E-state index in [-0.39, 0.29) is 5.91 Å². The van der Waals surface area contributed by atoms with E-state index in [9.17, 15) is 4.79 Å². The van der Waals surface area contributed by atoms with Gasteiger partial charge in [0.25, 0.3) is 5.91 Å². The number of morpholine rings is 1. The first-order chi connectivity index (χ1) is 10.3. The summed E-state index contributed by atoms with van der Waals surface area (Å²) in [6, 6.07) is 7.84. The summed E-state index contributed by atoms with van der Waals surface area (Å²) in [5.74, 6) is -0.0241. The lowest BCUT2D eigenvalue weighted by Gasteiger charge is -2.26. The molecule has 21 heavy (non-hydrogen) atoms. The highest BCUT2D eigenvalue weighted by atomic mass is 16.5. The Hall–Kier alpha value is -1.43. The van der Waals surface area contributed by atoms with E-state index >= 15 is 0 Å². The summed E-state index contributed by atoms with van der Waals surface area (Å²) >= 11 is 0. The quantitative estimate of drug-likeness (QED) is 0.769. The minimum Gasteiger partial charge on any atom is -0.385 e. The second-order valence-corrected chi connectivity index (χ2v) is 5.19. The van der Waals surface area contributed by atoms with Gasteiger partial charge in [-0.1, -0.05) is 12.1 Å². The molecular formula is C16H24N2O3. The number of hydrogen-bond donors (Lipinski definition) is 1. The van der Waals surface area contributed by atoms with Gasteiger partial charge < -0.3 is 14.8 Å². The molecule has 0 saturated carbocycles. The third kappa shape index (κ3) is 5.46. The molecule has 1 aromatic carbocycles. The van der Waals surface area contributed by atoms with Crippen molar-refractivity contribution in [2.24, 2.45) is 0 Å². The van der Waals surface area contributed by atoms with Crippen LogP contribution in [0.5, 0.6) is 0 Å². The SMILES string of the molecule is COCCCNC(=O)c1ccc(CN2CCOCC2)cc1. The summed E-state index contributed by atoms with van der Waals surface area (Å²) < 4.78 is 10.3. The van der Waals surface area contributed by atoms with Gasteiger partial charge in [-0.25, -0.2) is 0 Å². The van der Waals surface area contributed by atoms with Gasteiger partial charge in [-0.2, -0.15) is 0 Å². The molecule has 2 rings (SSSR count). The van der Waals surface area contributed by atoms with E-state index in [1.807, 2.05) is 24.3 Å². The maximum absolute atomic E-state index is 11.9. The smallest absolute Gasteiger partial charge is 0.251 e. The lowest BCUT2D eigenvalue weighted by molar-refractivity contribution is 0.0342. The van der Waals surface area contributed by atoms with E-state index in [4.69, 9.17) is 9.47 Å². The Morgan fingerprint density at radius 1 is 1.29 bits per heavy atom. The zero-order valence-electron chi connectivity index (χ0n) is 12.6. The van der Waals surface area contributed by atoms with Gasteiger partial charge in [0, 0.05) is 45.5 Å². The van der Waals surface area contributed by atoms with Gasteiger partial charge >= 0.3 is 0 Å². The van der Waals surface area contributed by atoms with Crippen molar-refractivity contribution in [2.75, 3.05) is 46.6 Å². The second kappa shape index (κ2) is 8.77. The highest BCUT2D eigenvalue weighted by Crippen LogP contribution is 2.09. The lowest BCUT2D eigenvalue weighted by Crippen LogP contribution is -2.35. The summed E-state index contributed by atoms with van der Waals surface area (Å²) in [7, 11) is 1.66. The van der Waals surface area contributed by atoms with Crippen LogP contribution >= 0.6 is 0 Å². The summed E-state index contributed by atoms with van der Waals surface area (Å²) in [4.78, 5) is 14.3. The summed E-state index contributed by atoms with van der Waals surface area (Å²) in [5, 5.41) is 2.89. The van der Waals surface area contributed by atoms with E-state index in [1.54, 1.807) is 7.11 Å². The molecule has 1 aliphatic heterocycles. The molecule has 1 amide bonds. The predicted molar refractivity (Wildman–Crippen MR) is 81.4 cm³/mol. The Bertz CT molecular complexity index is 428. The van der Waals surface area contributed by atoms with Crippen LogP contribution in [0.25, 0.3) is 0 Å². The number of ether oxygens (including phenoxy) is 2. The fourth-order valence-corrected chi connectivity index (χ4v) is 2.30. The highest BCUT2D eigenvalue weighted by Gasteiger charge is 2.11. The number of nitrogens with zero attached hydrogens (tertiary/aromatic N) is 1. The van der Waals surface area contributed by atoms with Crippen LogP contribution in [0.2, 0.25) is 0 Å². The van der Waals surface area contributed by atoms with Crippen LogP contribution < -0.4 is 5.32 Å². The molecule has 1 aromatic rings. The number of nitrogens with one attached hydrogen (secondary N) is 1. The third-order valence-electron chi connectivity index (χ3n) is 3.54. The van der Waals surface area contributed by atoms with Gasteiger partial charge in [-0.05, 0) is 24.1 Å². The van der Waals surface area contributed by atoms with Crippen LogP contribution in [0.3, 0.4) is 0 Å². The first kappa shape index (κ1) is 15.9. The molecule has 0 spiro atoms. The molecule has 116 valence electrons. The molecule has 0 atom stereocenters. The Balaban J connectivity index is 1.79. The fourth-order valence-electron chi connectivity index (χ4n) is 2.30. The number of hydrogen-bond acceptors (Lipinski definition) is 4. The first-order valence-electron chi connectivity index (χ1n) is 7.46. The maximum atomic E-state index is 11.9. The Labute approximate surface area is 126 Å². The summed E-state index contributed by atoms with van der Waals surface area (Å²) in [6.07, 6.45) is 0.831. The number of rotatable bonds is 7. The molecule has 0 bridgehead atoms. The maximum Gasteiger partial charge on any atom is 0.251 e. The van der Waals surface area contributed by atoms with Crippen molar-refractivity contribution in [1.29, 1.82) is 0 Å². The zero-order chi connectivity index (χ0) is 14.9. The van der Waals surface area contributed by atoms with Crippen LogP contribution in [0, 0.1) is 0 Å². The first-order valence-corrected chi connectivity index (χ1v) is 7.46. The van der Waals surface area contributed by atoms with Crippen LogP contribution in [0.4, 0.5) is 0 Å². The van der Waals surface area contributed by atoms with Crippen molar-refractivity contribution < 1.29 is 14.3 Å². The lowest BCUT2D eigenvalue weighted by atomic mass is 10.1. The van der Waals surface area contributed by atoms with Crippen LogP contribution in [0.15, 0.2) is 24.3 Å². The van der Waals surface area contributed by atoms with Crippen LogP contribution in [0.1, 0.15) is 22.3 Å². The number of methoxy groups -OCH3 is 1. The highest BCUT2D eigenvalue weighted by molar-refractivity contribution is 5.94. The molecule has 1 N–H and O–H groups in total. The predicted octanol–water partition coefficient (Wildman–Crippen LogP) is 1.29. The Morgan fingerprint density at radius 2 is 2.00 bits per heavy atom. The standard InChI is InChI=1S/C16H24N2O3/c1-20-10-2-7-17-16(19)15-5-3-14(4-6-15)13-18-8-11-21-12-9-18/h3-6H,2,7-13H2,1H3,(H,17,19). The molecule has 1 heterocycles. The van der Waals surface area contributed by atoms with Crippen molar-refractivity contribution >= 4 is 5.91 Å². The third-order valence-corrected chi connectivity index (χ3v) is 3.54. The minimum absolute atomic E-state index is 0.0241. The van der Waals surface area contributed by atoms with E-state index in [0.717, 1.165) is 39.3 Å². The number of benzene rings is 1. The molecule has 0 aromatic heterocycles. The van der Waals surface area contributed by atoms with Crippen molar-refractivity contribution in [3.63, 3.8) is 0 Å². The van der Waals surface area contributed by atoms with E-state index in [0.29, 0.717) is 18.7 Å². The van der Waals surface area contributed by atoms with Crippen LogP contribution in [-0.4, -0.2) is 57.4 Å². The minimum atomic E-state index is -0.0241. The molecular weight excluding hydrogens is 268 g/mol. The van der Waals surface area contributed by atoms with E-state index < -0.39 is 0 Å². The average molecular weight is 292 g/mol. The molecule has 0 aliphatic carbocycles. The summed E-state index contributed by atoms with van der Waals surface area (Å²) in [5.41, 5.74) is 1.94. The zero-order valence-corrected chi connectivity index (χ0v) is 12.6. The van der Waals surface area contributed by atoms with Gasteiger partial charge in [-0.3, -0.25) is 9.69 Å². The van der Waals surface area contributed by atoms with Gasteiger partial charge in [0.1, 0.15) is 0 Å². The molecule has 0 radical (unpaired) electrons. The topological polar surface area (TPSA) is 50.8 Å². The fraction of sp³-hybridized carbons (Fsp3) is 0.562. The second-order valence-electron chi connectivity index (χ2n) is 5.19. The molecule has 1 saturated heterocycles. The van der Waals surface area contributed by atoms with Gasteiger partial charge in [0.2, 0.25) is 0 Å². The van der Waals surface area contributed by atoms with Gasteiger partial charge in [0.15, 0.2) is 0 Å².